The molecule has 1 aliphatic heterocycles. The molecular weight excluding hydrogens is 375 g/mol. The van der Waals surface area contributed by atoms with Crippen LogP contribution in [0.15, 0.2) is 52.3 Å². The fourth-order valence-corrected chi connectivity index (χ4v) is 3.84. The van der Waals surface area contributed by atoms with Crippen LogP contribution in [0.2, 0.25) is 5.02 Å². The lowest BCUT2D eigenvalue weighted by Crippen LogP contribution is -2.14. The third kappa shape index (κ3) is 2.87. The molecule has 0 amide bonds. The maximum Gasteiger partial charge on any atom is 0.310 e. The lowest BCUT2D eigenvalue weighted by molar-refractivity contribution is 0.418. The number of aromatic hydroxyl groups is 1. The van der Waals surface area contributed by atoms with Crippen LogP contribution in [0, 0.1) is 5.82 Å². The van der Waals surface area contributed by atoms with Crippen molar-refractivity contribution in [2.24, 2.45) is 4.99 Å². The first-order chi connectivity index (χ1) is 12.5. The Hall–Kier alpha value is -2.70. The number of hydrogen-bond donors (Lipinski definition) is 1. The highest BCUT2D eigenvalue weighted by atomic mass is 35.5. The van der Waals surface area contributed by atoms with Gasteiger partial charge in [-0.3, -0.25) is 14.4 Å². The van der Waals surface area contributed by atoms with Crippen LogP contribution in [-0.2, 0) is 6.54 Å². The van der Waals surface area contributed by atoms with Crippen LogP contribution in [0.3, 0.4) is 0 Å². The predicted octanol–water partition coefficient (Wildman–Crippen LogP) is 4.71. The van der Waals surface area contributed by atoms with Crippen LogP contribution in [-0.4, -0.2) is 15.9 Å². The second-order valence-corrected chi connectivity index (χ2v) is 7.12. The van der Waals surface area contributed by atoms with E-state index < -0.39 is 10.7 Å². The number of aromatic nitrogens is 1. The number of hydrogen-bond acceptors (Lipinski definition) is 4. The van der Waals surface area contributed by atoms with Crippen molar-refractivity contribution in [3.05, 3.63) is 79.0 Å². The van der Waals surface area contributed by atoms with Crippen molar-refractivity contribution in [2.45, 2.75) is 6.54 Å². The highest BCUT2D eigenvalue weighted by Crippen LogP contribution is 2.34. The lowest BCUT2D eigenvalue weighted by atomic mass is 10.1. The van der Waals surface area contributed by atoms with Crippen molar-refractivity contribution in [2.75, 3.05) is 0 Å². The quantitative estimate of drug-likeness (QED) is 0.708. The molecule has 0 unspecified atom stereocenters. The van der Waals surface area contributed by atoms with Crippen LogP contribution in [0.5, 0.6) is 5.88 Å². The van der Waals surface area contributed by atoms with E-state index in [0.717, 1.165) is 32.7 Å². The van der Waals surface area contributed by atoms with Gasteiger partial charge in [0.25, 0.3) is 0 Å². The van der Waals surface area contributed by atoms with Crippen LogP contribution in [0.4, 0.5) is 10.1 Å². The van der Waals surface area contributed by atoms with Gasteiger partial charge in [0, 0.05) is 27.9 Å². The smallest absolute Gasteiger partial charge is 0.310 e. The van der Waals surface area contributed by atoms with Gasteiger partial charge < -0.3 is 5.11 Å². The first-order valence-electron chi connectivity index (χ1n) is 7.75. The van der Waals surface area contributed by atoms with E-state index in [1.165, 1.54) is 12.1 Å². The minimum Gasteiger partial charge on any atom is -0.493 e. The van der Waals surface area contributed by atoms with Gasteiger partial charge in [-0.1, -0.05) is 47.2 Å². The molecule has 1 aliphatic rings. The van der Waals surface area contributed by atoms with E-state index in [1.807, 2.05) is 24.3 Å². The molecule has 0 fully saturated rings. The SMILES string of the molecule is O=c1sc(C=C2C=Nc3ccccc32)c(O)n1Cc1c(F)cccc1Cl. The fourth-order valence-electron chi connectivity index (χ4n) is 2.78. The molecular formula is C19H12ClFN2O2S. The molecule has 26 heavy (non-hydrogen) atoms. The number of thiazole rings is 1. The zero-order valence-electron chi connectivity index (χ0n) is 13.3. The minimum absolute atomic E-state index is 0.138. The summed E-state index contributed by atoms with van der Waals surface area (Å²) in [5.41, 5.74) is 2.73. The molecule has 0 spiro atoms. The van der Waals surface area contributed by atoms with E-state index in [4.69, 9.17) is 11.6 Å². The number of benzene rings is 2. The number of aliphatic imine (C=N–C) groups is 1. The van der Waals surface area contributed by atoms with Gasteiger partial charge in [0.05, 0.1) is 17.1 Å². The largest absolute Gasteiger partial charge is 0.493 e. The summed E-state index contributed by atoms with van der Waals surface area (Å²) >= 11 is 6.91. The second-order valence-electron chi connectivity index (χ2n) is 5.72. The minimum atomic E-state index is -0.522. The summed E-state index contributed by atoms with van der Waals surface area (Å²) in [5, 5.41) is 10.7. The topological polar surface area (TPSA) is 54.6 Å². The van der Waals surface area contributed by atoms with Crippen LogP contribution in [0.1, 0.15) is 16.0 Å². The molecule has 7 heteroatoms. The number of rotatable bonds is 3. The van der Waals surface area contributed by atoms with E-state index in [9.17, 15) is 14.3 Å². The summed E-state index contributed by atoms with van der Waals surface area (Å²) in [4.78, 5) is 16.6. The summed E-state index contributed by atoms with van der Waals surface area (Å²) in [6, 6.07) is 11.9. The average Bonchev–Trinajstić information content (AvgIpc) is 3.14. The summed E-state index contributed by atoms with van der Waals surface area (Å²) in [7, 11) is 0. The lowest BCUT2D eigenvalue weighted by Gasteiger charge is -2.07. The van der Waals surface area contributed by atoms with Crippen molar-refractivity contribution in [1.82, 2.24) is 4.57 Å². The molecule has 1 aromatic heterocycles. The van der Waals surface area contributed by atoms with E-state index in [1.54, 1.807) is 18.4 Å². The van der Waals surface area contributed by atoms with Crippen molar-refractivity contribution < 1.29 is 9.50 Å². The number of nitrogens with zero attached hydrogens (tertiary/aromatic N) is 2. The van der Waals surface area contributed by atoms with Crippen molar-refractivity contribution in [3.8, 4) is 5.88 Å². The van der Waals surface area contributed by atoms with Gasteiger partial charge in [-0.05, 0) is 24.3 Å². The van der Waals surface area contributed by atoms with Gasteiger partial charge >= 0.3 is 4.87 Å². The Morgan fingerprint density at radius 3 is 2.85 bits per heavy atom. The monoisotopic (exact) mass is 386 g/mol. The highest BCUT2D eigenvalue weighted by Gasteiger charge is 2.18. The molecule has 0 saturated heterocycles. The Morgan fingerprint density at radius 1 is 1.23 bits per heavy atom. The zero-order chi connectivity index (χ0) is 18.3. The predicted molar refractivity (Wildman–Crippen MR) is 103 cm³/mol. The van der Waals surface area contributed by atoms with E-state index >= 15 is 0 Å². The first-order valence-corrected chi connectivity index (χ1v) is 8.94. The Morgan fingerprint density at radius 2 is 2.04 bits per heavy atom. The molecule has 2 heterocycles. The second kappa shape index (κ2) is 6.55. The molecule has 3 aromatic rings. The molecule has 0 saturated carbocycles. The van der Waals surface area contributed by atoms with Gasteiger partial charge in [0.1, 0.15) is 5.82 Å². The Kier molecular flexibility index (Phi) is 4.22. The fraction of sp³-hybridized carbons (Fsp3) is 0.0526. The third-order valence-electron chi connectivity index (χ3n) is 4.12. The molecule has 1 N–H and O–H groups in total. The molecule has 130 valence electrons. The Labute approximate surface area is 157 Å². The Bertz CT molecular complexity index is 1110. The average molecular weight is 387 g/mol. The standard InChI is InChI=1S/C19H12ClFN2O2S/c20-14-5-3-6-15(21)13(14)10-23-18(24)17(26-19(23)25)8-11-9-22-16-7-2-1-4-12(11)16/h1-9,24H,10H2. The maximum atomic E-state index is 14.0. The van der Waals surface area contributed by atoms with E-state index in [2.05, 4.69) is 4.99 Å². The van der Waals surface area contributed by atoms with Crippen LogP contribution in [0.25, 0.3) is 11.6 Å². The maximum absolute atomic E-state index is 14.0. The van der Waals surface area contributed by atoms with Gasteiger partial charge in [-0.25, -0.2) is 4.39 Å². The van der Waals surface area contributed by atoms with Crippen LogP contribution >= 0.6 is 22.9 Å². The molecule has 0 radical (unpaired) electrons. The Balaban J connectivity index is 1.74. The summed E-state index contributed by atoms with van der Waals surface area (Å²) in [6.07, 6.45) is 3.39. The number of fused-ring (bicyclic) bond motifs is 1. The summed E-state index contributed by atoms with van der Waals surface area (Å²) < 4.78 is 15.1. The molecule has 2 aromatic carbocycles. The number of para-hydroxylation sites is 1. The van der Waals surface area contributed by atoms with E-state index in [-0.39, 0.29) is 23.0 Å². The van der Waals surface area contributed by atoms with Gasteiger partial charge in [-0.15, -0.1) is 0 Å². The third-order valence-corrected chi connectivity index (χ3v) is 5.39. The molecule has 0 aliphatic carbocycles. The molecule has 4 rings (SSSR count). The molecule has 0 bridgehead atoms. The summed E-state index contributed by atoms with van der Waals surface area (Å²) in [5.74, 6) is -0.739. The number of allylic oxidation sites excluding steroid dienone is 1. The van der Waals surface area contributed by atoms with Crippen molar-refractivity contribution in [3.63, 3.8) is 0 Å². The van der Waals surface area contributed by atoms with Crippen molar-refractivity contribution >= 4 is 46.5 Å². The first kappa shape index (κ1) is 16.8. The summed E-state index contributed by atoms with van der Waals surface area (Å²) in [6.45, 7) is -0.138. The normalized spacial score (nSPS) is 14.2. The molecule has 4 nitrogen and oxygen atoms in total. The number of halogens is 2. The zero-order valence-corrected chi connectivity index (χ0v) is 14.9. The molecule has 0 atom stereocenters. The van der Waals surface area contributed by atoms with E-state index in [0.29, 0.717) is 4.88 Å². The van der Waals surface area contributed by atoms with Crippen LogP contribution < -0.4 is 4.87 Å². The van der Waals surface area contributed by atoms with Crippen molar-refractivity contribution in [1.29, 1.82) is 0 Å². The van der Waals surface area contributed by atoms with Gasteiger partial charge in [-0.2, -0.15) is 0 Å². The van der Waals surface area contributed by atoms with Gasteiger partial charge in [0.2, 0.25) is 5.88 Å². The highest BCUT2D eigenvalue weighted by molar-refractivity contribution is 7.10. The van der Waals surface area contributed by atoms with Gasteiger partial charge in [0.15, 0.2) is 0 Å².